The molecule has 118 valence electrons. The van der Waals surface area contributed by atoms with Crippen molar-refractivity contribution >= 4 is 11.8 Å². The van der Waals surface area contributed by atoms with Crippen LogP contribution in [0.1, 0.15) is 53.9 Å². The van der Waals surface area contributed by atoms with Crippen molar-refractivity contribution in [2.75, 3.05) is 25.4 Å². The van der Waals surface area contributed by atoms with Gasteiger partial charge in [-0.3, -0.25) is 4.90 Å². The van der Waals surface area contributed by atoms with Crippen molar-refractivity contribution in [3.05, 3.63) is 0 Å². The van der Waals surface area contributed by atoms with Crippen molar-refractivity contribution in [2.24, 2.45) is 11.8 Å². The summed E-state index contributed by atoms with van der Waals surface area (Å²) in [7, 11) is 0. The first-order valence-corrected chi connectivity index (χ1v) is 9.49. The van der Waals surface area contributed by atoms with Gasteiger partial charge >= 0.3 is 0 Å². The molecule has 3 heteroatoms. The molecule has 2 rings (SSSR count). The Labute approximate surface area is 130 Å². The molecule has 0 aliphatic carbocycles. The lowest BCUT2D eigenvalue weighted by atomic mass is 9.93. The number of piperazine rings is 1. The van der Waals surface area contributed by atoms with Crippen LogP contribution in [-0.2, 0) is 0 Å². The van der Waals surface area contributed by atoms with Crippen LogP contribution < -0.4 is 5.32 Å². The fraction of sp³-hybridized carbons (Fsp3) is 1.00. The Morgan fingerprint density at radius 2 is 2.05 bits per heavy atom. The summed E-state index contributed by atoms with van der Waals surface area (Å²) >= 11 is 2.21. The molecule has 0 spiro atoms. The molecule has 0 aromatic heterocycles. The number of nitrogens with zero attached hydrogens (tertiary/aromatic N) is 1. The average molecular weight is 299 g/mol. The number of thioether (sulfide) groups is 1. The van der Waals surface area contributed by atoms with Gasteiger partial charge < -0.3 is 5.32 Å². The number of hydrogen-bond acceptors (Lipinski definition) is 3. The molecule has 0 radical (unpaired) electrons. The summed E-state index contributed by atoms with van der Waals surface area (Å²) < 4.78 is 0.507. The van der Waals surface area contributed by atoms with Crippen molar-refractivity contribution in [1.82, 2.24) is 10.2 Å². The van der Waals surface area contributed by atoms with Crippen molar-refractivity contribution in [3.63, 3.8) is 0 Å². The van der Waals surface area contributed by atoms with E-state index >= 15 is 0 Å². The number of hydrogen-bond donors (Lipinski definition) is 1. The summed E-state index contributed by atoms with van der Waals surface area (Å²) in [6.07, 6.45) is 4.13. The lowest BCUT2D eigenvalue weighted by Gasteiger charge is -2.45. The van der Waals surface area contributed by atoms with Gasteiger partial charge in [-0.25, -0.2) is 0 Å². The summed E-state index contributed by atoms with van der Waals surface area (Å²) in [6, 6.07) is 1.41. The minimum Gasteiger partial charge on any atom is -0.311 e. The van der Waals surface area contributed by atoms with Gasteiger partial charge in [0.1, 0.15) is 0 Å². The molecule has 0 aromatic carbocycles. The molecule has 2 aliphatic rings. The third kappa shape index (κ3) is 4.38. The van der Waals surface area contributed by atoms with Crippen LogP contribution in [0.25, 0.3) is 0 Å². The predicted molar refractivity (Wildman–Crippen MR) is 91.5 cm³/mol. The van der Waals surface area contributed by atoms with Crippen molar-refractivity contribution in [3.8, 4) is 0 Å². The highest BCUT2D eigenvalue weighted by molar-refractivity contribution is 8.00. The van der Waals surface area contributed by atoms with Crippen molar-refractivity contribution in [1.29, 1.82) is 0 Å². The number of rotatable bonds is 5. The topological polar surface area (TPSA) is 15.3 Å². The Balaban J connectivity index is 1.99. The molecule has 2 nitrogen and oxygen atoms in total. The third-order valence-corrected chi connectivity index (χ3v) is 6.43. The summed E-state index contributed by atoms with van der Waals surface area (Å²) in [6.45, 7) is 15.6. The molecule has 2 fully saturated rings. The molecule has 0 amide bonds. The van der Waals surface area contributed by atoms with Gasteiger partial charge in [0.2, 0.25) is 0 Å². The summed E-state index contributed by atoms with van der Waals surface area (Å²) in [4.78, 5) is 2.81. The molecule has 2 heterocycles. The van der Waals surface area contributed by atoms with Gasteiger partial charge in [-0.1, -0.05) is 27.7 Å². The lowest BCUT2D eigenvalue weighted by Crippen LogP contribution is -2.60. The summed E-state index contributed by atoms with van der Waals surface area (Å²) in [5.41, 5.74) is 0. The van der Waals surface area contributed by atoms with E-state index in [0.29, 0.717) is 10.8 Å². The molecule has 20 heavy (non-hydrogen) atoms. The maximum absolute atomic E-state index is 3.80. The SMILES string of the molecule is CC(C)CC1CN(CC2(C)CCCS2)C(C(C)C)CN1. The minimum absolute atomic E-state index is 0.507. The predicted octanol–water partition coefficient (Wildman–Crippen LogP) is 3.62. The second kappa shape index (κ2) is 7.02. The van der Waals surface area contributed by atoms with Crippen LogP contribution in [0.2, 0.25) is 0 Å². The van der Waals surface area contributed by atoms with E-state index in [9.17, 15) is 0 Å². The zero-order valence-corrected chi connectivity index (χ0v) is 14.9. The monoisotopic (exact) mass is 298 g/mol. The smallest absolute Gasteiger partial charge is 0.0259 e. The number of nitrogens with one attached hydrogen (secondary N) is 1. The lowest BCUT2D eigenvalue weighted by molar-refractivity contribution is 0.0834. The minimum atomic E-state index is 0.507. The molecule has 2 saturated heterocycles. The fourth-order valence-electron chi connectivity index (χ4n) is 3.86. The van der Waals surface area contributed by atoms with E-state index in [-0.39, 0.29) is 0 Å². The second-order valence-electron chi connectivity index (χ2n) is 7.88. The van der Waals surface area contributed by atoms with Gasteiger partial charge in [0.15, 0.2) is 0 Å². The van der Waals surface area contributed by atoms with E-state index in [1.54, 1.807) is 0 Å². The molecule has 0 bridgehead atoms. The van der Waals surface area contributed by atoms with Gasteiger partial charge in [-0.15, -0.1) is 0 Å². The van der Waals surface area contributed by atoms with Gasteiger partial charge in [0, 0.05) is 36.5 Å². The van der Waals surface area contributed by atoms with Crippen LogP contribution in [0.3, 0.4) is 0 Å². The van der Waals surface area contributed by atoms with Gasteiger partial charge in [-0.2, -0.15) is 11.8 Å². The maximum Gasteiger partial charge on any atom is 0.0259 e. The average Bonchev–Trinajstić information content (AvgIpc) is 2.74. The van der Waals surface area contributed by atoms with Gasteiger partial charge in [-0.05, 0) is 43.8 Å². The van der Waals surface area contributed by atoms with Crippen LogP contribution in [0.4, 0.5) is 0 Å². The molecule has 0 aromatic rings. The molecule has 2 aliphatic heterocycles. The Bertz CT molecular complexity index is 297. The highest BCUT2D eigenvalue weighted by Crippen LogP contribution is 2.39. The normalized spacial score (nSPS) is 36.1. The first-order valence-electron chi connectivity index (χ1n) is 8.51. The van der Waals surface area contributed by atoms with Crippen LogP contribution >= 0.6 is 11.8 Å². The maximum atomic E-state index is 3.80. The fourth-order valence-corrected chi connectivity index (χ4v) is 5.18. The van der Waals surface area contributed by atoms with E-state index in [1.165, 1.54) is 44.6 Å². The van der Waals surface area contributed by atoms with Crippen LogP contribution in [0, 0.1) is 11.8 Å². The second-order valence-corrected chi connectivity index (χ2v) is 9.56. The molecular formula is C17H34N2S. The van der Waals surface area contributed by atoms with Crippen molar-refractivity contribution < 1.29 is 0 Å². The molecule has 3 unspecified atom stereocenters. The quantitative estimate of drug-likeness (QED) is 0.834. The standard InChI is InChI=1S/C17H34N2S/c1-13(2)9-15-11-19(16(10-18-15)14(3)4)12-17(5)7-6-8-20-17/h13-16,18H,6-12H2,1-5H3. The highest BCUT2D eigenvalue weighted by Gasteiger charge is 2.37. The van der Waals surface area contributed by atoms with E-state index in [0.717, 1.165) is 17.9 Å². The largest absolute Gasteiger partial charge is 0.311 e. The molecular weight excluding hydrogens is 264 g/mol. The van der Waals surface area contributed by atoms with Crippen LogP contribution in [-0.4, -0.2) is 47.1 Å². The Kier molecular flexibility index (Phi) is 5.84. The molecule has 0 saturated carbocycles. The van der Waals surface area contributed by atoms with Crippen LogP contribution in [0.5, 0.6) is 0 Å². The van der Waals surface area contributed by atoms with E-state index in [2.05, 4.69) is 56.6 Å². The Morgan fingerprint density at radius 3 is 2.60 bits per heavy atom. The van der Waals surface area contributed by atoms with E-state index in [4.69, 9.17) is 0 Å². The third-order valence-electron chi connectivity index (χ3n) is 4.90. The zero-order chi connectivity index (χ0) is 14.8. The van der Waals surface area contributed by atoms with Gasteiger partial charge in [0.05, 0.1) is 0 Å². The first kappa shape index (κ1) is 16.6. The summed E-state index contributed by atoms with van der Waals surface area (Å²) in [5.74, 6) is 2.91. The van der Waals surface area contributed by atoms with Crippen molar-refractivity contribution in [2.45, 2.75) is 70.7 Å². The molecule has 1 N–H and O–H groups in total. The van der Waals surface area contributed by atoms with Crippen LogP contribution in [0.15, 0.2) is 0 Å². The summed E-state index contributed by atoms with van der Waals surface area (Å²) in [5, 5.41) is 3.80. The Morgan fingerprint density at radius 1 is 1.30 bits per heavy atom. The van der Waals surface area contributed by atoms with E-state index < -0.39 is 0 Å². The molecule has 3 atom stereocenters. The Hall–Kier alpha value is 0.270. The van der Waals surface area contributed by atoms with E-state index in [1.807, 2.05) is 0 Å². The highest BCUT2D eigenvalue weighted by atomic mass is 32.2. The zero-order valence-electron chi connectivity index (χ0n) is 14.1. The first-order chi connectivity index (χ1) is 9.39. The van der Waals surface area contributed by atoms with Gasteiger partial charge in [0.25, 0.3) is 0 Å².